The number of nitrogens with one attached hydrogen (secondary N) is 2. The zero-order chi connectivity index (χ0) is 21.1. The molecule has 2 atom stereocenters. The molecule has 2 aromatic carbocycles. The molecule has 156 valence electrons. The van der Waals surface area contributed by atoms with Crippen molar-refractivity contribution >= 4 is 17.9 Å². The molecule has 0 unspecified atom stereocenters. The second-order valence-corrected chi connectivity index (χ2v) is 7.92. The van der Waals surface area contributed by atoms with Crippen LogP contribution in [0.15, 0.2) is 54.6 Å². The van der Waals surface area contributed by atoms with E-state index in [9.17, 15) is 14.0 Å². The van der Waals surface area contributed by atoms with Gasteiger partial charge in [-0.15, -0.1) is 0 Å². The molecular formula is C23H24FN3O3. The van der Waals surface area contributed by atoms with E-state index in [1.807, 2.05) is 12.1 Å². The maximum absolute atomic E-state index is 13.0. The minimum absolute atomic E-state index is 0.0566. The Bertz CT molecular complexity index is 954. The summed E-state index contributed by atoms with van der Waals surface area (Å²) >= 11 is 0. The molecule has 7 heteroatoms. The van der Waals surface area contributed by atoms with E-state index < -0.39 is 5.91 Å². The standard InChI is InChI=1S/C23H24FN3O3/c24-19-7-5-17(6-8-19)20-11-21(20)25-12-16-13-27(14-16)22(28)9-4-15-2-1-3-18(10-15)23(29)26-30/h1-10,16,20-21,25,30H,11-14H2,(H,26,29)/b9-4+/t20-,21+/m0/s1. The lowest BCUT2D eigenvalue weighted by molar-refractivity contribution is -0.131. The zero-order valence-electron chi connectivity index (χ0n) is 16.4. The van der Waals surface area contributed by atoms with Crippen LogP contribution >= 0.6 is 0 Å². The quantitative estimate of drug-likeness (QED) is 0.373. The molecule has 0 aromatic heterocycles. The number of likely N-dealkylation sites (tertiary alicyclic amines) is 1. The van der Waals surface area contributed by atoms with Crippen molar-refractivity contribution in [1.82, 2.24) is 15.7 Å². The van der Waals surface area contributed by atoms with E-state index in [2.05, 4.69) is 5.32 Å². The Kier molecular flexibility index (Phi) is 5.92. The van der Waals surface area contributed by atoms with Gasteiger partial charge in [0.1, 0.15) is 5.82 Å². The lowest BCUT2D eigenvalue weighted by Crippen LogP contribution is -2.53. The predicted octanol–water partition coefficient (Wildman–Crippen LogP) is 2.56. The van der Waals surface area contributed by atoms with Crippen molar-refractivity contribution in [2.24, 2.45) is 5.92 Å². The van der Waals surface area contributed by atoms with Crippen LogP contribution in [0.4, 0.5) is 4.39 Å². The zero-order valence-corrected chi connectivity index (χ0v) is 16.4. The van der Waals surface area contributed by atoms with Crippen molar-refractivity contribution < 1.29 is 19.2 Å². The Balaban J connectivity index is 1.19. The largest absolute Gasteiger partial charge is 0.338 e. The lowest BCUT2D eigenvalue weighted by Gasteiger charge is -2.39. The Morgan fingerprint density at radius 3 is 2.67 bits per heavy atom. The second-order valence-electron chi connectivity index (χ2n) is 7.92. The Morgan fingerprint density at radius 2 is 1.93 bits per heavy atom. The minimum Gasteiger partial charge on any atom is -0.338 e. The van der Waals surface area contributed by atoms with Gasteiger partial charge < -0.3 is 10.2 Å². The number of hydrogen-bond acceptors (Lipinski definition) is 4. The highest BCUT2D eigenvalue weighted by atomic mass is 19.1. The summed E-state index contributed by atoms with van der Waals surface area (Å²) in [4.78, 5) is 25.5. The van der Waals surface area contributed by atoms with Crippen LogP contribution in [0.5, 0.6) is 0 Å². The first-order valence-electron chi connectivity index (χ1n) is 10.0. The van der Waals surface area contributed by atoms with Crippen molar-refractivity contribution in [1.29, 1.82) is 0 Å². The topological polar surface area (TPSA) is 81.7 Å². The van der Waals surface area contributed by atoms with Crippen LogP contribution < -0.4 is 10.8 Å². The van der Waals surface area contributed by atoms with E-state index in [4.69, 9.17) is 5.21 Å². The molecule has 1 saturated carbocycles. The Hall–Kier alpha value is -3.03. The number of hydroxylamine groups is 1. The maximum atomic E-state index is 13.0. The third-order valence-electron chi connectivity index (χ3n) is 5.69. The number of amides is 2. The first-order valence-corrected chi connectivity index (χ1v) is 10.0. The fraction of sp³-hybridized carbons (Fsp3) is 0.304. The maximum Gasteiger partial charge on any atom is 0.274 e. The molecule has 2 amide bonds. The fourth-order valence-corrected chi connectivity index (χ4v) is 3.82. The third-order valence-corrected chi connectivity index (χ3v) is 5.69. The van der Waals surface area contributed by atoms with Gasteiger partial charge in [0.05, 0.1) is 0 Å². The van der Waals surface area contributed by atoms with E-state index in [0.717, 1.165) is 26.1 Å². The lowest BCUT2D eigenvalue weighted by atomic mass is 9.99. The van der Waals surface area contributed by atoms with Gasteiger partial charge >= 0.3 is 0 Å². The molecular weight excluding hydrogens is 385 g/mol. The van der Waals surface area contributed by atoms with Gasteiger partial charge in [-0.1, -0.05) is 24.3 Å². The number of carbonyl (C=O) groups is 2. The number of nitrogens with zero attached hydrogens (tertiary/aromatic N) is 1. The van der Waals surface area contributed by atoms with Crippen molar-refractivity contribution in [3.05, 3.63) is 77.1 Å². The van der Waals surface area contributed by atoms with E-state index >= 15 is 0 Å². The van der Waals surface area contributed by atoms with Crippen molar-refractivity contribution in [2.45, 2.75) is 18.4 Å². The van der Waals surface area contributed by atoms with Crippen LogP contribution in [-0.4, -0.2) is 47.6 Å². The van der Waals surface area contributed by atoms with Crippen molar-refractivity contribution in [3.8, 4) is 0 Å². The van der Waals surface area contributed by atoms with Crippen LogP contribution in [0.2, 0.25) is 0 Å². The molecule has 1 aliphatic heterocycles. The summed E-state index contributed by atoms with van der Waals surface area (Å²) in [6.45, 7) is 2.31. The van der Waals surface area contributed by atoms with Crippen LogP contribution in [0, 0.1) is 11.7 Å². The number of hydrogen-bond donors (Lipinski definition) is 3. The molecule has 1 saturated heterocycles. The van der Waals surface area contributed by atoms with Crippen molar-refractivity contribution in [2.75, 3.05) is 19.6 Å². The summed E-state index contributed by atoms with van der Waals surface area (Å²) in [6, 6.07) is 13.8. The highest BCUT2D eigenvalue weighted by molar-refractivity contribution is 5.95. The van der Waals surface area contributed by atoms with Crippen LogP contribution in [0.25, 0.3) is 6.08 Å². The second kappa shape index (κ2) is 8.77. The van der Waals surface area contributed by atoms with E-state index in [-0.39, 0.29) is 11.7 Å². The van der Waals surface area contributed by atoms with E-state index in [1.54, 1.807) is 40.7 Å². The van der Waals surface area contributed by atoms with Gasteiger partial charge in [-0.2, -0.15) is 0 Å². The van der Waals surface area contributed by atoms with Gasteiger partial charge in [-0.3, -0.25) is 14.8 Å². The first kappa shape index (κ1) is 20.3. The number of benzene rings is 2. The Labute approximate surface area is 174 Å². The normalized spacial score (nSPS) is 20.8. The van der Waals surface area contributed by atoms with Gasteiger partial charge in [-0.25, -0.2) is 9.87 Å². The van der Waals surface area contributed by atoms with Gasteiger partial charge in [0, 0.05) is 49.2 Å². The molecule has 0 radical (unpaired) electrons. The number of carbonyl (C=O) groups excluding carboxylic acids is 2. The smallest absolute Gasteiger partial charge is 0.274 e. The monoisotopic (exact) mass is 409 g/mol. The first-order chi connectivity index (χ1) is 14.5. The van der Waals surface area contributed by atoms with Crippen LogP contribution in [0.1, 0.15) is 33.8 Å². The molecule has 30 heavy (non-hydrogen) atoms. The van der Waals surface area contributed by atoms with Crippen LogP contribution in [-0.2, 0) is 4.79 Å². The average Bonchev–Trinajstić information content (AvgIpc) is 3.50. The number of halogens is 1. The summed E-state index contributed by atoms with van der Waals surface area (Å²) in [5.74, 6) is 0.0369. The predicted molar refractivity (Wildman–Crippen MR) is 110 cm³/mol. The fourth-order valence-electron chi connectivity index (χ4n) is 3.82. The summed E-state index contributed by atoms with van der Waals surface area (Å²) < 4.78 is 13.0. The van der Waals surface area contributed by atoms with Gasteiger partial charge in [-0.05, 0) is 47.9 Å². The average molecular weight is 409 g/mol. The number of rotatable bonds is 7. The minimum atomic E-state index is -0.591. The third kappa shape index (κ3) is 4.75. The molecule has 2 aliphatic rings. The molecule has 0 bridgehead atoms. The molecule has 2 aromatic rings. The highest BCUT2D eigenvalue weighted by Crippen LogP contribution is 2.40. The SMILES string of the molecule is O=C(NO)c1cccc(/C=C/C(=O)N2CC(CN[C@@H]3C[C@H]3c3ccc(F)cc3)C2)c1. The summed E-state index contributed by atoms with van der Waals surface area (Å²) in [5, 5.41) is 12.3. The van der Waals surface area contributed by atoms with E-state index in [1.165, 1.54) is 23.8 Å². The van der Waals surface area contributed by atoms with Crippen molar-refractivity contribution in [3.63, 3.8) is 0 Å². The molecule has 2 fully saturated rings. The van der Waals surface area contributed by atoms with Gasteiger partial charge in [0.2, 0.25) is 5.91 Å². The van der Waals surface area contributed by atoms with Gasteiger partial charge in [0.15, 0.2) is 0 Å². The summed E-state index contributed by atoms with van der Waals surface area (Å²) in [6.07, 6.45) is 4.24. The molecule has 0 spiro atoms. The highest BCUT2D eigenvalue weighted by Gasteiger charge is 2.39. The van der Waals surface area contributed by atoms with Crippen LogP contribution in [0.3, 0.4) is 0 Å². The Morgan fingerprint density at radius 1 is 1.17 bits per heavy atom. The molecule has 4 rings (SSSR count). The molecule has 6 nitrogen and oxygen atoms in total. The van der Waals surface area contributed by atoms with E-state index in [0.29, 0.717) is 29.0 Å². The molecule has 1 heterocycles. The molecule has 1 aliphatic carbocycles. The molecule has 3 N–H and O–H groups in total. The summed E-state index contributed by atoms with van der Waals surface area (Å²) in [5.41, 5.74) is 3.80. The summed E-state index contributed by atoms with van der Waals surface area (Å²) in [7, 11) is 0. The van der Waals surface area contributed by atoms with Gasteiger partial charge in [0.25, 0.3) is 5.91 Å².